The van der Waals surface area contributed by atoms with Crippen LogP contribution in [0.15, 0.2) is 0 Å². The average Bonchev–Trinajstić information content (AvgIpc) is 3.09. The Morgan fingerprint density at radius 1 is 1.06 bits per heavy atom. The summed E-state index contributed by atoms with van der Waals surface area (Å²) in [5, 5.41) is 31.1. The van der Waals surface area contributed by atoms with Crippen LogP contribution in [0.5, 0.6) is 0 Å². The standard InChI is InChI=1S/C26H43NO5/c1-14(4-7-23(31)32)17-5-6-18-24-19(8-9-25(17,18)2)26(3)15(11-21(24)29)10-16(28)12-20(26)22(30)13-27/h14-21,24,28-29H,4-13,27H2,1-3H3,(H,31,32)/t14-,15?,16+,17-,18?,19?,20?,21?,24?,25-,26+/m1/s1. The van der Waals surface area contributed by atoms with Crippen LogP contribution < -0.4 is 5.73 Å². The van der Waals surface area contributed by atoms with Gasteiger partial charge in [-0.05, 0) is 97.7 Å². The lowest BCUT2D eigenvalue weighted by atomic mass is 9.41. The fourth-order valence-electron chi connectivity index (χ4n) is 9.45. The topological polar surface area (TPSA) is 121 Å². The minimum atomic E-state index is -0.725. The van der Waals surface area contributed by atoms with E-state index in [1.807, 2.05) is 0 Å². The average molecular weight is 450 g/mol. The van der Waals surface area contributed by atoms with Gasteiger partial charge in [-0.15, -0.1) is 0 Å². The first kappa shape index (κ1) is 24.2. The van der Waals surface area contributed by atoms with E-state index < -0.39 is 18.2 Å². The van der Waals surface area contributed by atoms with Crippen molar-refractivity contribution in [1.29, 1.82) is 0 Å². The van der Waals surface area contributed by atoms with Crippen LogP contribution in [0, 0.1) is 52.3 Å². The predicted octanol–water partition coefficient (Wildman–Crippen LogP) is 3.23. The number of fused-ring (bicyclic) bond motifs is 5. The van der Waals surface area contributed by atoms with Crippen LogP contribution in [0.4, 0.5) is 0 Å². The number of rotatable bonds is 6. The summed E-state index contributed by atoms with van der Waals surface area (Å²) < 4.78 is 0. The molecule has 0 aliphatic heterocycles. The van der Waals surface area contributed by atoms with E-state index in [0.717, 1.165) is 25.7 Å². The van der Waals surface area contributed by atoms with Gasteiger partial charge in [-0.1, -0.05) is 20.8 Å². The molecule has 0 heterocycles. The molecule has 0 spiro atoms. The Balaban J connectivity index is 1.63. The van der Waals surface area contributed by atoms with Crippen LogP contribution in [0.1, 0.15) is 78.6 Å². The first-order valence-corrected chi connectivity index (χ1v) is 12.8. The maximum absolute atomic E-state index is 12.9. The summed E-state index contributed by atoms with van der Waals surface area (Å²) in [6, 6.07) is 0. The van der Waals surface area contributed by atoms with Crippen molar-refractivity contribution in [3.05, 3.63) is 0 Å². The zero-order valence-electron chi connectivity index (χ0n) is 20.0. The number of aliphatic hydroxyl groups excluding tert-OH is 2. The second-order valence-corrected chi connectivity index (χ2v) is 12.1. The lowest BCUT2D eigenvalue weighted by Crippen LogP contribution is -2.62. The summed E-state index contributed by atoms with van der Waals surface area (Å²) in [6.45, 7) is 6.87. The van der Waals surface area contributed by atoms with Crippen LogP contribution in [0.3, 0.4) is 0 Å². The van der Waals surface area contributed by atoms with E-state index in [9.17, 15) is 19.8 Å². The highest BCUT2D eigenvalue weighted by Crippen LogP contribution is 2.69. The molecule has 0 aromatic rings. The van der Waals surface area contributed by atoms with E-state index in [4.69, 9.17) is 10.8 Å². The Hall–Kier alpha value is -0.980. The highest BCUT2D eigenvalue weighted by Gasteiger charge is 2.65. The third kappa shape index (κ3) is 3.65. The Kier molecular flexibility index (Phi) is 6.54. The summed E-state index contributed by atoms with van der Waals surface area (Å²) in [4.78, 5) is 24.1. The zero-order valence-corrected chi connectivity index (χ0v) is 20.0. The van der Waals surface area contributed by atoms with Gasteiger partial charge in [0.2, 0.25) is 0 Å². The maximum Gasteiger partial charge on any atom is 0.303 e. The quantitative estimate of drug-likeness (QED) is 0.494. The van der Waals surface area contributed by atoms with Gasteiger partial charge in [-0.3, -0.25) is 9.59 Å². The van der Waals surface area contributed by atoms with Gasteiger partial charge in [0.25, 0.3) is 0 Å². The number of carboxylic acid groups (broad SMARTS) is 1. The van der Waals surface area contributed by atoms with Crippen molar-refractivity contribution in [2.24, 2.45) is 58.0 Å². The largest absolute Gasteiger partial charge is 0.481 e. The number of aliphatic hydroxyl groups is 2. The van der Waals surface area contributed by atoms with Crippen LogP contribution in [0.25, 0.3) is 0 Å². The Labute approximate surface area is 192 Å². The molecule has 32 heavy (non-hydrogen) atoms. The number of Topliss-reactive ketones (excluding diaryl/α,β-unsaturated/α-hetero) is 1. The first-order chi connectivity index (χ1) is 15.0. The van der Waals surface area contributed by atoms with Crippen molar-refractivity contribution in [3.63, 3.8) is 0 Å². The van der Waals surface area contributed by atoms with Gasteiger partial charge in [0.05, 0.1) is 18.8 Å². The van der Waals surface area contributed by atoms with Gasteiger partial charge in [-0.2, -0.15) is 0 Å². The molecule has 0 amide bonds. The van der Waals surface area contributed by atoms with E-state index in [1.54, 1.807) is 0 Å². The molecule has 4 fully saturated rings. The number of ketones is 1. The molecule has 0 aromatic carbocycles. The monoisotopic (exact) mass is 449 g/mol. The molecule has 4 aliphatic carbocycles. The summed E-state index contributed by atoms with van der Waals surface area (Å²) in [6.07, 6.45) is 6.12. The van der Waals surface area contributed by atoms with Crippen molar-refractivity contribution in [2.75, 3.05) is 6.54 Å². The lowest BCUT2D eigenvalue weighted by Gasteiger charge is -2.64. The summed E-state index contributed by atoms with van der Waals surface area (Å²) >= 11 is 0. The Morgan fingerprint density at radius 3 is 2.44 bits per heavy atom. The minimum Gasteiger partial charge on any atom is -0.481 e. The van der Waals surface area contributed by atoms with Gasteiger partial charge >= 0.3 is 5.97 Å². The molecule has 0 aromatic heterocycles. The van der Waals surface area contributed by atoms with E-state index >= 15 is 0 Å². The Bertz CT molecular complexity index is 742. The third-order valence-electron chi connectivity index (χ3n) is 11.0. The molecule has 6 nitrogen and oxygen atoms in total. The highest BCUT2D eigenvalue weighted by atomic mass is 16.4. The zero-order chi connectivity index (χ0) is 23.4. The van der Waals surface area contributed by atoms with E-state index in [0.29, 0.717) is 43.4 Å². The van der Waals surface area contributed by atoms with Crippen molar-refractivity contribution in [1.82, 2.24) is 0 Å². The van der Waals surface area contributed by atoms with Crippen LogP contribution in [-0.4, -0.2) is 45.8 Å². The summed E-state index contributed by atoms with van der Waals surface area (Å²) in [7, 11) is 0. The summed E-state index contributed by atoms with van der Waals surface area (Å²) in [5.41, 5.74) is 5.71. The molecule has 6 heteroatoms. The van der Waals surface area contributed by atoms with Crippen LogP contribution in [0.2, 0.25) is 0 Å². The van der Waals surface area contributed by atoms with Gasteiger partial charge < -0.3 is 21.1 Å². The number of carbonyl (C=O) groups excluding carboxylic acids is 1. The number of hydrogen-bond acceptors (Lipinski definition) is 5. The number of carboxylic acids is 1. The van der Waals surface area contributed by atoms with Crippen molar-refractivity contribution >= 4 is 11.8 Å². The third-order valence-corrected chi connectivity index (χ3v) is 11.0. The molecular weight excluding hydrogens is 406 g/mol. The van der Waals surface area contributed by atoms with Gasteiger partial charge in [0, 0.05) is 12.3 Å². The van der Waals surface area contributed by atoms with Gasteiger partial charge in [-0.25, -0.2) is 0 Å². The van der Waals surface area contributed by atoms with Gasteiger partial charge in [0.15, 0.2) is 0 Å². The molecule has 11 atom stereocenters. The van der Waals surface area contributed by atoms with Crippen LogP contribution in [-0.2, 0) is 9.59 Å². The SMILES string of the molecule is C[C@H](CCC(=O)O)[C@H]1CCC2C3C(O)CC4C[C@H](O)CC(C(=O)CN)[C@]4(C)C3CC[C@@]21C. The van der Waals surface area contributed by atoms with Crippen LogP contribution >= 0.6 is 0 Å². The molecule has 0 saturated heterocycles. The van der Waals surface area contributed by atoms with E-state index in [1.165, 1.54) is 0 Å². The molecule has 4 rings (SSSR count). The maximum atomic E-state index is 12.9. The molecule has 0 bridgehead atoms. The lowest BCUT2D eigenvalue weighted by molar-refractivity contribution is -0.196. The number of hydrogen-bond donors (Lipinski definition) is 4. The van der Waals surface area contributed by atoms with E-state index in [2.05, 4.69) is 20.8 Å². The highest BCUT2D eigenvalue weighted by molar-refractivity contribution is 5.83. The molecule has 6 unspecified atom stereocenters. The fourth-order valence-corrected chi connectivity index (χ4v) is 9.45. The number of nitrogens with two attached hydrogens (primary N) is 1. The number of aliphatic carboxylic acids is 1. The normalized spacial score (nSPS) is 48.9. The van der Waals surface area contributed by atoms with E-state index in [-0.39, 0.29) is 53.3 Å². The van der Waals surface area contributed by atoms with Gasteiger partial charge in [0.1, 0.15) is 5.78 Å². The Morgan fingerprint density at radius 2 is 1.78 bits per heavy atom. The minimum absolute atomic E-state index is 0.0178. The summed E-state index contributed by atoms with van der Waals surface area (Å²) in [5.74, 6) is 0.968. The first-order valence-electron chi connectivity index (χ1n) is 12.8. The molecule has 0 radical (unpaired) electrons. The number of carbonyl (C=O) groups is 2. The molecule has 4 aliphatic rings. The van der Waals surface area contributed by atoms with Crippen molar-refractivity contribution < 1.29 is 24.9 Å². The smallest absolute Gasteiger partial charge is 0.303 e. The predicted molar refractivity (Wildman–Crippen MR) is 122 cm³/mol. The fraction of sp³-hybridized carbons (Fsp3) is 0.923. The second-order valence-electron chi connectivity index (χ2n) is 12.1. The molecular formula is C26H43NO5. The molecule has 4 saturated carbocycles. The van der Waals surface area contributed by atoms with Crippen molar-refractivity contribution in [3.8, 4) is 0 Å². The molecule has 182 valence electrons. The molecule has 5 N–H and O–H groups in total. The van der Waals surface area contributed by atoms with Crippen molar-refractivity contribution in [2.45, 2.75) is 90.8 Å². The second kappa shape index (κ2) is 8.66.